The predicted molar refractivity (Wildman–Crippen MR) is 154 cm³/mol. The van der Waals surface area contributed by atoms with Crippen molar-refractivity contribution in [2.24, 2.45) is 5.92 Å². The maximum absolute atomic E-state index is 12.7. The zero-order valence-electron chi connectivity index (χ0n) is 21.3. The summed E-state index contributed by atoms with van der Waals surface area (Å²) in [4.78, 5) is 26.4. The number of aromatic nitrogens is 2. The van der Waals surface area contributed by atoms with Crippen LogP contribution in [0.5, 0.6) is 0 Å². The van der Waals surface area contributed by atoms with Crippen molar-refractivity contribution in [2.45, 2.75) is 26.2 Å². The molecule has 0 radical (unpaired) electrons. The summed E-state index contributed by atoms with van der Waals surface area (Å²) in [6.07, 6.45) is 8.25. The number of anilines is 2. The Morgan fingerprint density at radius 2 is 1.97 bits per heavy atom. The van der Waals surface area contributed by atoms with Crippen LogP contribution in [0.25, 0.3) is 17.5 Å². The Morgan fingerprint density at radius 3 is 2.58 bits per heavy atom. The molecule has 1 saturated heterocycles. The van der Waals surface area contributed by atoms with Gasteiger partial charge in [-0.25, -0.2) is 18.4 Å². The SMILES string of the molecule is CCc1cnc(-c2cnc(N3CCC(C(=O)NS(=O)(=O)CC=Cc4ccc(Cl)s4)CC3)c(Cl)c2N(C)C)o1. The molecule has 38 heavy (non-hydrogen) atoms. The third-order valence-corrected chi connectivity index (χ3v) is 8.86. The first kappa shape index (κ1) is 28.4. The molecule has 3 aromatic heterocycles. The average Bonchev–Trinajstić information content (AvgIpc) is 3.52. The molecule has 1 aliphatic rings. The van der Waals surface area contributed by atoms with Crippen molar-refractivity contribution in [2.75, 3.05) is 42.7 Å². The fraction of sp³-hybridized carbons (Fsp3) is 0.400. The number of sulfonamides is 1. The second kappa shape index (κ2) is 12.1. The largest absolute Gasteiger partial charge is 0.441 e. The molecule has 0 aromatic carbocycles. The Hall–Kier alpha value is -2.60. The van der Waals surface area contributed by atoms with E-state index in [4.69, 9.17) is 27.6 Å². The second-order valence-corrected chi connectivity index (χ2v) is 13.0. The summed E-state index contributed by atoms with van der Waals surface area (Å²) in [7, 11) is -0.0169. The summed E-state index contributed by atoms with van der Waals surface area (Å²) in [6.45, 7) is 3.01. The number of aryl methyl sites for hydroxylation is 1. The minimum absolute atomic E-state index is 0.295. The van der Waals surface area contributed by atoms with Crippen LogP contribution in [-0.2, 0) is 21.2 Å². The monoisotopic (exact) mass is 597 g/mol. The Kier molecular flexibility index (Phi) is 9.02. The van der Waals surface area contributed by atoms with Gasteiger partial charge in [0, 0.05) is 50.6 Å². The Morgan fingerprint density at radius 1 is 1.24 bits per heavy atom. The van der Waals surface area contributed by atoms with Crippen LogP contribution >= 0.6 is 34.5 Å². The van der Waals surface area contributed by atoms with Gasteiger partial charge in [0.25, 0.3) is 0 Å². The number of carbonyl (C=O) groups is 1. The molecule has 4 rings (SSSR count). The fourth-order valence-electron chi connectivity index (χ4n) is 4.22. The number of rotatable bonds is 9. The van der Waals surface area contributed by atoms with E-state index in [0.717, 1.165) is 22.7 Å². The summed E-state index contributed by atoms with van der Waals surface area (Å²) < 4.78 is 33.5. The summed E-state index contributed by atoms with van der Waals surface area (Å²) in [5.74, 6) is 0.624. The van der Waals surface area contributed by atoms with E-state index in [-0.39, 0.29) is 5.75 Å². The quantitative estimate of drug-likeness (QED) is 0.362. The van der Waals surface area contributed by atoms with Crippen molar-refractivity contribution in [1.82, 2.24) is 14.7 Å². The number of hydrogen-bond acceptors (Lipinski definition) is 9. The molecule has 0 aliphatic carbocycles. The van der Waals surface area contributed by atoms with Gasteiger partial charge in [0.2, 0.25) is 21.8 Å². The number of piperidine rings is 1. The van der Waals surface area contributed by atoms with Crippen molar-refractivity contribution in [3.05, 3.63) is 50.6 Å². The maximum atomic E-state index is 12.7. The lowest BCUT2D eigenvalue weighted by Crippen LogP contribution is -2.43. The molecule has 1 aliphatic heterocycles. The molecular weight excluding hydrogens is 569 g/mol. The molecule has 0 unspecified atom stereocenters. The van der Waals surface area contributed by atoms with Gasteiger partial charge in [-0.2, -0.15) is 0 Å². The van der Waals surface area contributed by atoms with Crippen molar-refractivity contribution in [1.29, 1.82) is 0 Å². The predicted octanol–water partition coefficient (Wildman–Crippen LogP) is 5.11. The lowest BCUT2D eigenvalue weighted by atomic mass is 9.96. The first-order chi connectivity index (χ1) is 18.1. The Bertz CT molecular complexity index is 1430. The molecule has 0 spiro atoms. The van der Waals surface area contributed by atoms with E-state index in [1.165, 1.54) is 17.4 Å². The van der Waals surface area contributed by atoms with Crippen LogP contribution < -0.4 is 14.5 Å². The van der Waals surface area contributed by atoms with Crippen LogP contribution in [0.15, 0.2) is 35.0 Å². The molecule has 0 saturated carbocycles. The van der Waals surface area contributed by atoms with Crippen molar-refractivity contribution < 1.29 is 17.6 Å². The Labute approximate surface area is 236 Å². The molecule has 4 heterocycles. The van der Waals surface area contributed by atoms with Gasteiger partial charge in [-0.15, -0.1) is 11.3 Å². The minimum Gasteiger partial charge on any atom is -0.441 e. The lowest BCUT2D eigenvalue weighted by molar-refractivity contribution is -0.123. The lowest BCUT2D eigenvalue weighted by Gasteiger charge is -2.33. The molecule has 13 heteroatoms. The summed E-state index contributed by atoms with van der Waals surface area (Å²) >= 11 is 14.1. The van der Waals surface area contributed by atoms with E-state index >= 15 is 0 Å². The van der Waals surface area contributed by atoms with E-state index in [1.54, 1.807) is 30.6 Å². The average molecular weight is 599 g/mol. The number of halogens is 2. The number of hydrogen-bond donors (Lipinski definition) is 1. The Balaban J connectivity index is 1.39. The summed E-state index contributed by atoms with van der Waals surface area (Å²) in [6, 6.07) is 3.54. The highest BCUT2D eigenvalue weighted by Gasteiger charge is 2.30. The van der Waals surface area contributed by atoms with Crippen LogP contribution in [0.1, 0.15) is 30.4 Å². The summed E-state index contributed by atoms with van der Waals surface area (Å²) in [5, 5.41) is 0.466. The number of carbonyl (C=O) groups excluding carboxylic acids is 1. The second-order valence-electron chi connectivity index (χ2n) is 9.09. The van der Waals surface area contributed by atoms with Gasteiger partial charge in [0.1, 0.15) is 16.6 Å². The van der Waals surface area contributed by atoms with Crippen LogP contribution in [0.2, 0.25) is 9.36 Å². The number of oxazole rings is 1. The number of pyridine rings is 1. The molecule has 3 aromatic rings. The molecule has 1 N–H and O–H groups in total. The molecular formula is C25H29Cl2N5O4S2. The summed E-state index contributed by atoms with van der Waals surface area (Å²) in [5.41, 5.74) is 1.43. The van der Waals surface area contributed by atoms with Crippen LogP contribution in [0, 0.1) is 5.92 Å². The first-order valence-electron chi connectivity index (χ1n) is 12.1. The molecule has 0 atom stereocenters. The number of thiophene rings is 1. The fourth-order valence-corrected chi connectivity index (χ4v) is 6.55. The molecule has 1 fully saturated rings. The van der Waals surface area contributed by atoms with Gasteiger partial charge in [0.05, 0.1) is 27.5 Å². The van der Waals surface area contributed by atoms with Gasteiger partial charge in [-0.3, -0.25) is 9.52 Å². The van der Waals surface area contributed by atoms with Crippen LogP contribution in [-0.4, -0.2) is 57.2 Å². The van der Waals surface area contributed by atoms with E-state index in [0.29, 0.717) is 52.6 Å². The van der Waals surface area contributed by atoms with Gasteiger partial charge >= 0.3 is 0 Å². The van der Waals surface area contributed by atoms with Gasteiger partial charge in [-0.05, 0) is 31.1 Å². The van der Waals surface area contributed by atoms with Crippen molar-refractivity contribution >= 4 is 68.1 Å². The van der Waals surface area contributed by atoms with Crippen LogP contribution in [0.3, 0.4) is 0 Å². The topological polar surface area (TPSA) is 109 Å². The highest BCUT2D eigenvalue weighted by atomic mass is 35.5. The smallest absolute Gasteiger partial charge is 0.238 e. The third kappa shape index (κ3) is 6.69. The third-order valence-electron chi connectivity index (χ3n) is 6.17. The highest BCUT2D eigenvalue weighted by Crippen LogP contribution is 2.41. The van der Waals surface area contributed by atoms with Crippen molar-refractivity contribution in [3.8, 4) is 11.5 Å². The van der Waals surface area contributed by atoms with Crippen molar-refractivity contribution in [3.63, 3.8) is 0 Å². The molecule has 1 amide bonds. The number of nitrogens with one attached hydrogen (secondary N) is 1. The van der Waals surface area contributed by atoms with Crippen LogP contribution in [0.4, 0.5) is 11.5 Å². The van der Waals surface area contributed by atoms with E-state index in [2.05, 4.69) is 14.7 Å². The normalized spacial score (nSPS) is 14.8. The first-order valence-corrected chi connectivity index (χ1v) is 15.3. The molecule has 9 nitrogen and oxygen atoms in total. The zero-order valence-corrected chi connectivity index (χ0v) is 24.4. The highest BCUT2D eigenvalue weighted by molar-refractivity contribution is 7.90. The minimum atomic E-state index is -3.79. The standard InChI is InChI=1S/C25H29Cl2N5O4S2/c1-4-17-14-29-25(36-17)19-15-28-23(21(27)22(19)31(2)3)32-11-9-16(10-12-32)24(33)30-38(34,35)13-5-6-18-7-8-20(26)37-18/h5-8,14-16H,4,9-13H2,1-3H3,(H,30,33). The van der Waals surface area contributed by atoms with Gasteiger partial charge in [-0.1, -0.05) is 36.2 Å². The maximum Gasteiger partial charge on any atom is 0.238 e. The molecule has 0 bridgehead atoms. The number of nitrogens with zero attached hydrogens (tertiary/aromatic N) is 4. The molecule has 204 valence electrons. The van der Waals surface area contributed by atoms with E-state index in [9.17, 15) is 13.2 Å². The van der Waals surface area contributed by atoms with E-state index in [1.807, 2.05) is 30.8 Å². The number of amides is 1. The van der Waals surface area contributed by atoms with Gasteiger partial charge in [0.15, 0.2) is 0 Å². The van der Waals surface area contributed by atoms with Gasteiger partial charge < -0.3 is 14.2 Å². The van der Waals surface area contributed by atoms with E-state index < -0.39 is 21.8 Å². The zero-order chi connectivity index (χ0) is 27.4.